The lowest BCUT2D eigenvalue weighted by molar-refractivity contribution is 0.723. The number of nitrogens with zero attached hydrogens (tertiary/aromatic N) is 4. The first kappa shape index (κ1) is 26.6. The Bertz CT molecular complexity index is 2260. The SMILES string of the molecule is [C-]#[N+]c1ccc2c(c1)C1(c3ccccc3Sc3ccccc31)c1ccc(-c3nc(-c4ccccc4)nc(-c4ccccc4)n3)cc1-2. The smallest absolute Gasteiger partial charge is 0.187 e. The van der Waals surface area contributed by atoms with Gasteiger partial charge in [0.25, 0.3) is 0 Å². The Balaban J connectivity index is 1.32. The molecule has 0 amide bonds. The van der Waals surface area contributed by atoms with Gasteiger partial charge in [-0.15, -0.1) is 0 Å². The van der Waals surface area contributed by atoms with Gasteiger partial charge in [-0.1, -0.05) is 139 Å². The van der Waals surface area contributed by atoms with Crippen molar-refractivity contribution in [1.82, 2.24) is 15.0 Å². The van der Waals surface area contributed by atoms with E-state index in [0.29, 0.717) is 23.2 Å². The molecule has 5 heteroatoms. The van der Waals surface area contributed by atoms with Crippen molar-refractivity contribution >= 4 is 17.4 Å². The Morgan fingerprint density at radius 1 is 0.457 bits per heavy atom. The molecule has 7 aromatic rings. The average Bonchev–Trinajstić information content (AvgIpc) is 3.41. The molecule has 1 aliphatic carbocycles. The summed E-state index contributed by atoms with van der Waals surface area (Å²) in [6.45, 7) is 7.89. The van der Waals surface area contributed by atoms with Gasteiger partial charge in [-0.2, -0.15) is 0 Å². The molecule has 9 rings (SSSR count). The van der Waals surface area contributed by atoms with Gasteiger partial charge in [0, 0.05) is 26.5 Å². The Hall–Kier alpha value is -5.83. The molecule has 1 aromatic heterocycles. The van der Waals surface area contributed by atoms with E-state index in [1.165, 1.54) is 26.5 Å². The fourth-order valence-electron chi connectivity index (χ4n) is 7.04. The zero-order valence-corrected chi connectivity index (χ0v) is 25.4. The first-order chi connectivity index (χ1) is 22.7. The van der Waals surface area contributed by atoms with Crippen LogP contribution in [0.25, 0.3) is 50.1 Å². The second kappa shape index (κ2) is 10.4. The van der Waals surface area contributed by atoms with Crippen molar-refractivity contribution in [3.63, 3.8) is 0 Å². The van der Waals surface area contributed by atoms with Gasteiger partial charge in [-0.05, 0) is 51.6 Å². The molecule has 0 saturated carbocycles. The van der Waals surface area contributed by atoms with Crippen molar-refractivity contribution in [2.45, 2.75) is 15.2 Å². The number of aromatic nitrogens is 3. The van der Waals surface area contributed by atoms with E-state index in [9.17, 15) is 0 Å². The quantitative estimate of drug-likeness (QED) is 0.188. The molecule has 4 nitrogen and oxygen atoms in total. The minimum atomic E-state index is -0.550. The van der Waals surface area contributed by atoms with Crippen LogP contribution in [0.15, 0.2) is 155 Å². The third kappa shape index (κ3) is 3.91. The summed E-state index contributed by atoms with van der Waals surface area (Å²) in [5.41, 5.74) is 9.96. The van der Waals surface area contributed by atoms with Crippen molar-refractivity contribution in [3.8, 4) is 45.3 Å². The zero-order chi connectivity index (χ0) is 30.7. The van der Waals surface area contributed by atoms with E-state index < -0.39 is 5.41 Å². The van der Waals surface area contributed by atoms with Gasteiger partial charge in [0.2, 0.25) is 0 Å². The fourth-order valence-corrected chi connectivity index (χ4v) is 8.23. The molecule has 46 heavy (non-hydrogen) atoms. The Morgan fingerprint density at radius 2 is 1.00 bits per heavy atom. The van der Waals surface area contributed by atoms with Gasteiger partial charge in [0.05, 0.1) is 12.0 Å². The van der Waals surface area contributed by atoms with Crippen LogP contribution < -0.4 is 0 Å². The van der Waals surface area contributed by atoms with Crippen LogP contribution in [0.4, 0.5) is 5.69 Å². The lowest BCUT2D eigenvalue weighted by Crippen LogP contribution is -2.31. The molecule has 2 heterocycles. The second-order valence-corrected chi connectivity index (χ2v) is 12.6. The Labute approximate surface area is 271 Å². The summed E-state index contributed by atoms with van der Waals surface area (Å²) < 4.78 is 0. The van der Waals surface area contributed by atoms with E-state index in [1.807, 2.05) is 78.5 Å². The number of benzene rings is 6. The lowest BCUT2D eigenvalue weighted by atomic mass is 9.67. The molecule has 1 aliphatic heterocycles. The number of rotatable bonds is 3. The van der Waals surface area contributed by atoms with Crippen molar-refractivity contribution < 1.29 is 0 Å². The molecular weight excluding hydrogens is 581 g/mol. The largest absolute Gasteiger partial charge is 0.238 e. The minimum Gasteiger partial charge on any atom is -0.238 e. The van der Waals surface area contributed by atoms with Crippen molar-refractivity contribution in [2.75, 3.05) is 0 Å². The average molecular weight is 605 g/mol. The van der Waals surface area contributed by atoms with E-state index in [0.717, 1.165) is 33.4 Å². The first-order valence-electron chi connectivity index (χ1n) is 15.1. The summed E-state index contributed by atoms with van der Waals surface area (Å²) in [5.74, 6) is 1.89. The normalized spacial score (nSPS) is 13.3. The highest BCUT2D eigenvalue weighted by molar-refractivity contribution is 7.99. The van der Waals surface area contributed by atoms with Crippen LogP contribution in [-0.2, 0) is 5.41 Å². The maximum atomic E-state index is 7.89. The zero-order valence-electron chi connectivity index (χ0n) is 24.6. The number of hydrogen-bond acceptors (Lipinski definition) is 4. The van der Waals surface area contributed by atoms with Crippen LogP contribution in [0.2, 0.25) is 0 Å². The molecule has 2 aliphatic rings. The summed E-state index contributed by atoms with van der Waals surface area (Å²) in [7, 11) is 0. The molecule has 214 valence electrons. The highest BCUT2D eigenvalue weighted by Crippen LogP contribution is 2.62. The van der Waals surface area contributed by atoms with Crippen molar-refractivity contribution in [2.24, 2.45) is 0 Å². The van der Waals surface area contributed by atoms with Crippen LogP contribution in [0.3, 0.4) is 0 Å². The molecule has 6 aromatic carbocycles. The maximum absolute atomic E-state index is 7.89. The summed E-state index contributed by atoms with van der Waals surface area (Å²) in [6, 6.07) is 50.3. The van der Waals surface area contributed by atoms with Crippen LogP contribution in [0, 0.1) is 6.57 Å². The van der Waals surface area contributed by atoms with Gasteiger partial charge >= 0.3 is 0 Å². The predicted molar refractivity (Wildman–Crippen MR) is 184 cm³/mol. The Morgan fingerprint density at radius 3 is 1.59 bits per heavy atom. The molecular formula is C41H24N4S. The summed E-state index contributed by atoms with van der Waals surface area (Å²) in [4.78, 5) is 21.3. The van der Waals surface area contributed by atoms with Gasteiger partial charge < -0.3 is 0 Å². The Kier molecular flexibility index (Phi) is 5.99. The van der Waals surface area contributed by atoms with Crippen molar-refractivity contribution in [3.05, 3.63) is 179 Å². The highest BCUT2D eigenvalue weighted by Gasteiger charge is 2.50. The maximum Gasteiger partial charge on any atom is 0.187 e. The molecule has 0 N–H and O–H groups in total. The number of hydrogen-bond donors (Lipinski definition) is 0. The van der Waals surface area contributed by atoms with Gasteiger partial charge in [0.15, 0.2) is 23.2 Å². The highest BCUT2D eigenvalue weighted by atomic mass is 32.2. The topological polar surface area (TPSA) is 43.0 Å². The minimum absolute atomic E-state index is 0.550. The predicted octanol–water partition coefficient (Wildman–Crippen LogP) is 10.3. The third-order valence-electron chi connectivity index (χ3n) is 9.01. The standard InChI is InChI=1S/C41H24N4S/c1-42-29-21-22-30-31-24-28(40-44-38(26-12-4-2-5-13-26)43-39(45-40)27-14-6-3-7-15-27)20-23-32(31)41(35(30)25-29)33-16-8-10-18-36(33)46-37-19-11-9-17-34(37)41/h2-25H. The second-order valence-electron chi connectivity index (χ2n) is 11.5. The lowest BCUT2D eigenvalue weighted by Gasteiger charge is -2.39. The van der Waals surface area contributed by atoms with Crippen LogP contribution in [-0.4, -0.2) is 15.0 Å². The molecule has 1 spiro atoms. The molecule has 0 fully saturated rings. The molecule has 0 radical (unpaired) electrons. The van der Waals surface area contributed by atoms with Gasteiger partial charge in [-0.25, -0.2) is 19.8 Å². The van der Waals surface area contributed by atoms with Gasteiger partial charge in [0.1, 0.15) is 0 Å². The summed E-state index contributed by atoms with van der Waals surface area (Å²) in [6.07, 6.45) is 0. The fraction of sp³-hybridized carbons (Fsp3) is 0.0244. The van der Waals surface area contributed by atoms with Crippen LogP contribution >= 0.6 is 11.8 Å². The molecule has 0 unspecified atom stereocenters. The van der Waals surface area contributed by atoms with Gasteiger partial charge in [-0.3, -0.25) is 0 Å². The molecule has 0 atom stereocenters. The van der Waals surface area contributed by atoms with E-state index >= 15 is 0 Å². The van der Waals surface area contributed by atoms with Crippen LogP contribution in [0.5, 0.6) is 0 Å². The summed E-state index contributed by atoms with van der Waals surface area (Å²) in [5, 5.41) is 0. The van der Waals surface area contributed by atoms with Crippen molar-refractivity contribution in [1.29, 1.82) is 0 Å². The summed E-state index contributed by atoms with van der Waals surface area (Å²) >= 11 is 1.81. The van der Waals surface area contributed by atoms with E-state index in [2.05, 4.69) is 83.7 Å². The van der Waals surface area contributed by atoms with E-state index in [4.69, 9.17) is 21.5 Å². The van der Waals surface area contributed by atoms with E-state index in [1.54, 1.807) is 0 Å². The number of fused-ring (bicyclic) bond motifs is 9. The molecule has 0 bridgehead atoms. The first-order valence-corrected chi connectivity index (χ1v) is 16.0. The molecule has 0 saturated heterocycles. The van der Waals surface area contributed by atoms with E-state index in [-0.39, 0.29) is 0 Å². The third-order valence-corrected chi connectivity index (χ3v) is 10.2. The monoisotopic (exact) mass is 604 g/mol. The van der Waals surface area contributed by atoms with Crippen LogP contribution in [0.1, 0.15) is 22.3 Å².